The van der Waals surface area contributed by atoms with E-state index in [1.165, 1.54) is 25.7 Å². The van der Waals surface area contributed by atoms with Crippen LogP contribution in [0.15, 0.2) is 23.3 Å². The maximum Gasteiger partial charge on any atom is 0.0142 e. The van der Waals surface area contributed by atoms with E-state index in [1.807, 2.05) is 0 Å². The van der Waals surface area contributed by atoms with Crippen molar-refractivity contribution >= 4 is 0 Å². The van der Waals surface area contributed by atoms with Crippen molar-refractivity contribution in [2.75, 3.05) is 7.05 Å². The standard InChI is InChI=1S/C10H15N/c1-11-10-6-8-4-2-3-5-9(8)7-10/h2,4,10-11H,3,5-7H2,1H3. The molecule has 0 aliphatic heterocycles. The molecule has 0 aromatic heterocycles. The van der Waals surface area contributed by atoms with Gasteiger partial charge in [-0.3, -0.25) is 0 Å². The largest absolute Gasteiger partial charge is 0.316 e. The number of allylic oxidation sites excluding steroid dienone is 2. The Morgan fingerprint density at radius 3 is 3.09 bits per heavy atom. The molecule has 0 fully saturated rings. The highest BCUT2D eigenvalue weighted by Crippen LogP contribution is 2.33. The third-order valence-electron chi connectivity index (χ3n) is 2.75. The average Bonchev–Trinajstić information content (AvgIpc) is 2.46. The van der Waals surface area contributed by atoms with Gasteiger partial charge in [-0.25, -0.2) is 0 Å². The van der Waals surface area contributed by atoms with Crippen LogP contribution in [0.1, 0.15) is 25.7 Å². The zero-order valence-electron chi connectivity index (χ0n) is 7.06. The molecule has 2 rings (SSSR count). The SMILES string of the molecule is CNC1CC2=C(CCC=C2)C1. The maximum atomic E-state index is 3.34. The average molecular weight is 149 g/mol. The summed E-state index contributed by atoms with van der Waals surface area (Å²) in [6.45, 7) is 0. The normalized spacial score (nSPS) is 29.4. The van der Waals surface area contributed by atoms with Crippen LogP contribution in [-0.4, -0.2) is 13.1 Å². The lowest BCUT2D eigenvalue weighted by molar-refractivity contribution is 0.587. The van der Waals surface area contributed by atoms with Crippen LogP contribution in [0.2, 0.25) is 0 Å². The lowest BCUT2D eigenvalue weighted by atomic mass is 10.0. The van der Waals surface area contributed by atoms with Crippen LogP contribution in [0, 0.1) is 0 Å². The van der Waals surface area contributed by atoms with Crippen molar-refractivity contribution < 1.29 is 0 Å². The van der Waals surface area contributed by atoms with Crippen LogP contribution < -0.4 is 5.32 Å². The van der Waals surface area contributed by atoms with E-state index in [9.17, 15) is 0 Å². The van der Waals surface area contributed by atoms with E-state index >= 15 is 0 Å². The predicted octanol–water partition coefficient (Wildman–Crippen LogP) is 2.01. The molecule has 0 aromatic carbocycles. The first-order valence-corrected chi connectivity index (χ1v) is 4.45. The molecule has 11 heavy (non-hydrogen) atoms. The third-order valence-corrected chi connectivity index (χ3v) is 2.75. The van der Waals surface area contributed by atoms with Gasteiger partial charge in [-0.2, -0.15) is 0 Å². The van der Waals surface area contributed by atoms with Gasteiger partial charge in [0.2, 0.25) is 0 Å². The molecule has 0 saturated carbocycles. The molecule has 0 saturated heterocycles. The highest BCUT2D eigenvalue weighted by atomic mass is 14.9. The summed E-state index contributed by atoms with van der Waals surface area (Å²) in [5.41, 5.74) is 3.31. The fraction of sp³-hybridized carbons (Fsp3) is 0.600. The van der Waals surface area contributed by atoms with E-state index in [0.29, 0.717) is 0 Å². The molecule has 0 bridgehead atoms. The number of rotatable bonds is 1. The second-order valence-corrected chi connectivity index (χ2v) is 3.46. The van der Waals surface area contributed by atoms with Gasteiger partial charge in [-0.1, -0.05) is 17.7 Å². The van der Waals surface area contributed by atoms with Crippen molar-refractivity contribution in [3.63, 3.8) is 0 Å². The predicted molar refractivity (Wildman–Crippen MR) is 47.5 cm³/mol. The molecular weight excluding hydrogens is 134 g/mol. The van der Waals surface area contributed by atoms with Gasteiger partial charge in [0.15, 0.2) is 0 Å². The van der Waals surface area contributed by atoms with E-state index in [2.05, 4.69) is 24.5 Å². The second-order valence-electron chi connectivity index (χ2n) is 3.46. The van der Waals surface area contributed by atoms with E-state index in [1.54, 1.807) is 11.1 Å². The lowest BCUT2D eigenvalue weighted by Gasteiger charge is -2.07. The van der Waals surface area contributed by atoms with Gasteiger partial charge in [0.1, 0.15) is 0 Å². The summed E-state index contributed by atoms with van der Waals surface area (Å²) in [5, 5.41) is 3.34. The van der Waals surface area contributed by atoms with Gasteiger partial charge >= 0.3 is 0 Å². The molecule has 0 radical (unpaired) electrons. The van der Waals surface area contributed by atoms with Crippen LogP contribution in [0.25, 0.3) is 0 Å². The molecule has 1 unspecified atom stereocenters. The maximum absolute atomic E-state index is 3.34. The van der Waals surface area contributed by atoms with Gasteiger partial charge in [-0.15, -0.1) is 0 Å². The van der Waals surface area contributed by atoms with Crippen molar-refractivity contribution in [2.24, 2.45) is 0 Å². The van der Waals surface area contributed by atoms with Crippen molar-refractivity contribution in [2.45, 2.75) is 31.7 Å². The molecule has 0 heterocycles. The van der Waals surface area contributed by atoms with Crippen molar-refractivity contribution in [1.82, 2.24) is 5.32 Å². The minimum Gasteiger partial charge on any atom is -0.316 e. The first-order valence-electron chi connectivity index (χ1n) is 4.45. The molecule has 0 spiro atoms. The van der Waals surface area contributed by atoms with Crippen LogP contribution in [0.3, 0.4) is 0 Å². The minimum atomic E-state index is 0.725. The molecule has 1 heteroatoms. The summed E-state index contributed by atoms with van der Waals surface area (Å²) in [7, 11) is 2.06. The van der Waals surface area contributed by atoms with Crippen molar-refractivity contribution in [3.8, 4) is 0 Å². The van der Waals surface area contributed by atoms with Crippen molar-refractivity contribution in [3.05, 3.63) is 23.3 Å². The highest BCUT2D eigenvalue weighted by Gasteiger charge is 2.21. The Labute approximate surface area is 68.2 Å². The summed E-state index contributed by atoms with van der Waals surface area (Å²) >= 11 is 0. The van der Waals surface area contributed by atoms with Gasteiger partial charge in [0.25, 0.3) is 0 Å². The summed E-state index contributed by atoms with van der Waals surface area (Å²) in [4.78, 5) is 0. The van der Waals surface area contributed by atoms with Gasteiger partial charge in [0, 0.05) is 6.04 Å². The minimum absolute atomic E-state index is 0.725. The summed E-state index contributed by atoms with van der Waals surface area (Å²) in [6, 6.07) is 0.725. The van der Waals surface area contributed by atoms with E-state index < -0.39 is 0 Å². The number of nitrogens with one attached hydrogen (secondary N) is 1. The van der Waals surface area contributed by atoms with Crippen LogP contribution >= 0.6 is 0 Å². The zero-order valence-corrected chi connectivity index (χ0v) is 7.06. The molecule has 1 atom stereocenters. The van der Waals surface area contributed by atoms with Gasteiger partial charge < -0.3 is 5.32 Å². The second kappa shape index (κ2) is 2.82. The van der Waals surface area contributed by atoms with E-state index in [-0.39, 0.29) is 0 Å². The van der Waals surface area contributed by atoms with Crippen LogP contribution in [0.5, 0.6) is 0 Å². The Bertz CT molecular complexity index is 213. The first kappa shape index (κ1) is 7.11. The molecule has 1 N–H and O–H groups in total. The Morgan fingerprint density at radius 1 is 1.45 bits per heavy atom. The van der Waals surface area contributed by atoms with Crippen LogP contribution in [0.4, 0.5) is 0 Å². The van der Waals surface area contributed by atoms with Gasteiger partial charge in [-0.05, 0) is 38.3 Å². The zero-order chi connectivity index (χ0) is 7.68. The van der Waals surface area contributed by atoms with Crippen molar-refractivity contribution in [1.29, 1.82) is 0 Å². The lowest BCUT2D eigenvalue weighted by Crippen LogP contribution is -2.21. The molecule has 0 aromatic rings. The summed E-state index contributed by atoms with van der Waals surface area (Å²) in [6.07, 6.45) is 9.73. The topological polar surface area (TPSA) is 12.0 Å². The molecular formula is C10H15N. The fourth-order valence-corrected chi connectivity index (χ4v) is 2.05. The third kappa shape index (κ3) is 1.25. The molecule has 0 amide bonds. The van der Waals surface area contributed by atoms with Gasteiger partial charge in [0.05, 0.1) is 0 Å². The van der Waals surface area contributed by atoms with E-state index in [0.717, 1.165) is 6.04 Å². The summed E-state index contributed by atoms with van der Waals surface area (Å²) in [5.74, 6) is 0. The summed E-state index contributed by atoms with van der Waals surface area (Å²) < 4.78 is 0. The monoisotopic (exact) mass is 149 g/mol. The first-order chi connectivity index (χ1) is 5.40. The molecule has 2 aliphatic rings. The molecule has 60 valence electrons. The van der Waals surface area contributed by atoms with Crippen LogP contribution in [-0.2, 0) is 0 Å². The fourth-order valence-electron chi connectivity index (χ4n) is 2.05. The Kier molecular flexibility index (Phi) is 1.82. The molecule has 2 aliphatic carbocycles. The number of hydrogen-bond donors (Lipinski definition) is 1. The highest BCUT2D eigenvalue weighted by molar-refractivity contribution is 5.35. The Hall–Kier alpha value is -0.560. The number of hydrogen-bond acceptors (Lipinski definition) is 1. The Morgan fingerprint density at radius 2 is 2.36 bits per heavy atom. The molecule has 1 nitrogen and oxygen atoms in total. The smallest absolute Gasteiger partial charge is 0.0142 e. The quantitative estimate of drug-likeness (QED) is 0.601. The Balaban J connectivity index is 2.10. The van der Waals surface area contributed by atoms with E-state index in [4.69, 9.17) is 0 Å².